The van der Waals surface area contributed by atoms with Crippen LogP contribution in [0.1, 0.15) is 31.0 Å². The van der Waals surface area contributed by atoms with Crippen molar-refractivity contribution < 1.29 is 4.79 Å². The summed E-state index contributed by atoms with van der Waals surface area (Å²) in [7, 11) is 0. The summed E-state index contributed by atoms with van der Waals surface area (Å²) in [6.07, 6.45) is 1.72. The summed E-state index contributed by atoms with van der Waals surface area (Å²) in [5, 5.41) is 0.661. The van der Waals surface area contributed by atoms with Gasteiger partial charge >= 0.3 is 0 Å². The van der Waals surface area contributed by atoms with Crippen LogP contribution >= 0.6 is 11.6 Å². The molecule has 0 N–H and O–H groups in total. The van der Waals surface area contributed by atoms with Crippen LogP contribution in [0.3, 0.4) is 0 Å². The fourth-order valence-corrected chi connectivity index (χ4v) is 2.49. The molecule has 2 rings (SSSR count). The molecular formula is C17H19ClN2O. The molecule has 2 aromatic rings. The minimum atomic E-state index is -0.386. The minimum absolute atomic E-state index is 0.0704. The number of halogens is 1. The highest BCUT2D eigenvalue weighted by molar-refractivity contribution is 6.30. The van der Waals surface area contributed by atoms with Crippen LogP contribution in [-0.4, -0.2) is 28.9 Å². The van der Waals surface area contributed by atoms with Crippen molar-refractivity contribution in [2.24, 2.45) is 0 Å². The predicted octanol–water partition coefficient (Wildman–Crippen LogP) is 3.74. The average Bonchev–Trinajstić information content (AvgIpc) is 2.52. The molecule has 0 saturated carbocycles. The average molecular weight is 303 g/mol. The lowest BCUT2D eigenvalue weighted by molar-refractivity contribution is -0.131. The van der Waals surface area contributed by atoms with Gasteiger partial charge in [0.15, 0.2) is 0 Å². The number of likely N-dealkylation sites (N-methyl/N-ethyl adjacent to an activating group) is 1. The number of carbonyl (C=O) groups is 1. The second kappa shape index (κ2) is 7.23. The molecule has 1 aromatic heterocycles. The molecule has 1 aromatic carbocycles. The van der Waals surface area contributed by atoms with E-state index < -0.39 is 0 Å². The number of amides is 1. The first-order chi connectivity index (χ1) is 10.2. The van der Waals surface area contributed by atoms with E-state index in [-0.39, 0.29) is 11.8 Å². The fourth-order valence-electron chi connectivity index (χ4n) is 2.36. The lowest BCUT2D eigenvalue weighted by atomic mass is 9.93. The van der Waals surface area contributed by atoms with Crippen LogP contribution in [0.25, 0.3) is 0 Å². The van der Waals surface area contributed by atoms with E-state index in [9.17, 15) is 4.79 Å². The molecule has 21 heavy (non-hydrogen) atoms. The van der Waals surface area contributed by atoms with Gasteiger partial charge in [-0.25, -0.2) is 0 Å². The number of rotatable bonds is 5. The smallest absolute Gasteiger partial charge is 0.236 e. The Balaban J connectivity index is 2.44. The minimum Gasteiger partial charge on any atom is -0.342 e. The number of aromatic nitrogens is 1. The third kappa shape index (κ3) is 3.61. The standard InChI is InChI=1S/C17H19ClN2O/c1-3-20(4-2)17(21)16(15-7-5-6-12-19-15)13-8-10-14(18)11-9-13/h5-12,16H,3-4H2,1-2H3. The summed E-state index contributed by atoms with van der Waals surface area (Å²) in [5.41, 5.74) is 1.67. The molecule has 110 valence electrons. The van der Waals surface area contributed by atoms with Gasteiger partial charge in [-0.2, -0.15) is 0 Å². The number of hydrogen-bond acceptors (Lipinski definition) is 2. The van der Waals surface area contributed by atoms with Gasteiger partial charge in [-0.1, -0.05) is 29.8 Å². The van der Waals surface area contributed by atoms with Gasteiger partial charge in [-0.15, -0.1) is 0 Å². The van der Waals surface area contributed by atoms with Crippen molar-refractivity contribution in [1.29, 1.82) is 0 Å². The van der Waals surface area contributed by atoms with E-state index in [1.807, 2.05) is 61.2 Å². The predicted molar refractivity (Wildman–Crippen MR) is 85.5 cm³/mol. The van der Waals surface area contributed by atoms with Crippen LogP contribution in [0.4, 0.5) is 0 Å². The fraction of sp³-hybridized carbons (Fsp3) is 0.294. The van der Waals surface area contributed by atoms with E-state index in [0.29, 0.717) is 18.1 Å². The van der Waals surface area contributed by atoms with Gasteiger partial charge in [0.2, 0.25) is 5.91 Å². The SMILES string of the molecule is CCN(CC)C(=O)C(c1ccc(Cl)cc1)c1ccccn1. The Morgan fingerprint density at radius 3 is 2.33 bits per heavy atom. The summed E-state index contributed by atoms with van der Waals surface area (Å²) in [4.78, 5) is 19.0. The number of benzene rings is 1. The van der Waals surface area contributed by atoms with Gasteiger partial charge in [-0.3, -0.25) is 9.78 Å². The van der Waals surface area contributed by atoms with E-state index in [4.69, 9.17) is 11.6 Å². The van der Waals surface area contributed by atoms with Crippen LogP contribution in [-0.2, 0) is 4.79 Å². The zero-order chi connectivity index (χ0) is 15.2. The van der Waals surface area contributed by atoms with Gasteiger partial charge in [0.25, 0.3) is 0 Å². The first-order valence-electron chi connectivity index (χ1n) is 7.12. The maximum atomic E-state index is 12.8. The summed E-state index contributed by atoms with van der Waals surface area (Å²) in [6.45, 7) is 5.34. The third-order valence-electron chi connectivity index (χ3n) is 3.51. The van der Waals surface area contributed by atoms with Gasteiger partial charge < -0.3 is 4.90 Å². The number of nitrogens with zero attached hydrogens (tertiary/aromatic N) is 2. The van der Waals surface area contributed by atoms with E-state index in [1.165, 1.54) is 0 Å². The molecular weight excluding hydrogens is 284 g/mol. The van der Waals surface area contributed by atoms with Crippen LogP contribution in [0.15, 0.2) is 48.7 Å². The normalized spacial score (nSPS) is 12.0. The van der Waals surface area contributed by atoms with E-state index in [1.54, 1.807) is 6.20 Å². The molecule has 4 heteroatoms. The Bertz CT molecular complexity index is 579. The van der Waals surface area contributed by atoms with E-state index in [2.05, 4.69) is 4.98 Å². The van der Waals surface area contributed by atoms with Crippen LogP contribution in [0, 0.1) is 0 Å². The topological polar surface area (TPSA) is 33.2 Å². The quantitative estimate of drug-likeness (QED) is 0.843. The Morgan fingerprint density at radius 2 is 1.81 bits per heavy atom. The number of carbonyl (C=O) groups excluding carboxylic acids is 1. The summed E-state index contributed by atoms with van der Waals surface area (Å²) < 4.78 is 0. The lowest BCUT2D eigenvalue weighted by Crippen LogP contribution is -2.35. The largest absolute Gasteiger partial charge is 0.342 e. The zero-order valence-corrected chi connectivity index (χ0v) is 13.0. The molecule has 1 atom stereocenters. The van der Waals surface area contributed by atoms with Crippen LogP contribution in [0.5, 0.6) is 0 Å². The maximum Gasteiger partial charge on any atom is 0.236 e. The highest BCUT2D eigenvalue weighted by Gasteiger charge is 2.27. The maximum absolute atomic E-state index is 12.8. The lowest BCUT2D eigenvalue weighted by Gasteiger charge is -2.25. The van der Waals surface area contributed by atoms with Crippen LogP contribution < -0.4 is 0 Å². The van der Waals surface area contributed by atoms with Gasteiger partial charge in [0.05, 0.1) is 5.69 Å². The van der Waals surface area contributed by atoms with Crippen molar-refractivity contribution in [3.8, 4) is 0 Å². The first kappa shape index (κ1) is 15.5. The highest BCUT2D eigenvalue weighted by Crippen LogP contribution is 2.26. The van der Waals surface area contributed by atoms with Gasteiger partial charge in [0, 0.05) is 24.3 Å². The van der Waals surface area contributed by atoms with Crippen LogP contribution in [0.2, 0.25) is 5.02 Å². The molecule has 0 aliphatic rings. The van der Waals surface area contributed by atoms with Crippen molar-refractivity contribution in [3.05, 3.63) is 64.9 Å². The van der Waals surface area contributed by atoms with Crippen molar-refractivity contribution in [3.63, 3.8) is 0 Å². The van der Waals surface area contributed by atoms with Crippen molar-refractivity contribution in [2.75, 3.05) is 13.1 Å². The summed E-state index contributed by atoms with van der Waals surface area (Å²) in [5.74, 6) is -0.315. The molecule has 0 aliphatic carbocycles. The third-order valence-corrected chi connectivity index (χ3v) is 3.76. The molecule has 0 radical (unpaired) electrons. The molecule has 0 bridgehead atoms. The zero-order valence-electron chi connectivity index (χ0n) is 12.3. The molecule has 1 unspecified atom stereocenters. The van der Waals surface area contributed by atoms with E-state index >= 15 is 0 Å². The molecule has 1 heterocycles. The summed E-state index contributed by atoms with van der Waals surface area (Å²) in [6, 6.07) is 13.0. The van der Waals surface area contributed by atoms with Crippen molar-refractivity contribution >= 4 is 17.5 Å². The molecule has 0 aliphatic heterocycles. The first-order valence-corrected chi connectivity index (χ1v) is 7.50. The van der Waals surface area contributed by atoms with Crippen molar-refractivity contribution in [2.45, 2.75) is 19.8 Å². The molecule has 1 amide bonds. The number of hydrogen-bond donors (Lipinski definition) is 0. The Morgan fingerprint density at radius 1 is 1.14 bits per heavy atom. The molecule has 3 nitrogen and oxygen atoms in total. The monoisotopic (exact) mass is 302 g/mol. The van der Waals surface area contributed by atoms with Gasteiger partial charge in [0.1, 0.15) is 5.92 Å². The van der Waals surface area contributed by atoms with E-state index in [0.717, 1.165) is 11.3 Å². The van der Waals surface area contributed by atoms with Gasteiger partial charge in [-0.05, 0) is 43.7 Å². The number of pyridine rings is 1. The molecule has 0 spiro atoms. The Hall–Kier alpha value is -1.87. The second-order valence-corrected chi connectivity index (χ2v) is 5.19. The Kier molecular flexibility index (Phi) is 5.34. The molecule has 0 fully saturated rings. The summed E-state index contributed by atoms with van der Waals surface area (Å²) >= 11 is 5.95. The highest BCUT2D eigenvalue weighted by atomic mass is 35.5. The van der Waals surface area contributed by atoms with Crippen molar-refractivity contribution in [1.82, 2.24) is 9.88 Å². The molecule has 0 saturated heterocycles. The second-order valence-electron chi connectivity index (χ2n) is 4.75. The Labute approximate surface area is 130 Å².